The number of benzene rings is 2. The summed E-state index contributed by atoms with van der Waals surface area (Å²) in [6.45, 7) is 0.441. The van der Waals surface area contributed by atoms with Crippen molar-refractivity contribution in [3.8, 4) is 11.5 Å². The van der Waals surface area contributed by atoms with Gasteiger partial charge in [-0.2, -0.15) is 0 Å². The second-order valence-electron chi connectivity index (χ2n) is 6.24. The molecule has 146 valence electrons. The number of amides is 2. The molecule has 0 radical (unpaired) electrons. The van der Waals surface area contributed by atoms with Crippen molar-refractivity contribution in [2.24, 2.45) is 0 Å². The zero-order valence-corrected chi connectivity index (χ0v) is 15.1. The lowest BCUT2D eigenvalue weighted by Crippen LogP contribution is -2.25. The van der Waals surface area contributed by atoms with Gasteiger partial charge in [-0.3, -0.25) is 9.59 Å². The largest absolute Gasteiger partial charge is 0.454 e. The minimum atomic E-state index is -0.541. The van der Waals surface area contributed by atoms with E-state index in [1.54, 1.807) is 24.3 Å². The number of rotatable bonds is 5. The van der Waals surface area contributed by atoms with Gasteiger partial charge in [-0.25, -0.2) is 9.37 Å². The Bertz CT molecular complexity index is 1090. The lowest BCUT2D eigenvalue weighted by molar-refractivity contribution is 0.0945. The third-order valence-electron chi connectivity index (χ3n) is 4.19. The Balaban J connectivity index is 1.41. The Morgan fingerprint density at radius 3 is 2.52 bits per heavy atom. The summed E-state index contributed by atoms with van der Waals surface area (Å²) in [6.07, 6.45) is 0. The van der Waals surface area contributed by atoms with Crippen LogP contribution in [0.4, 0.5) is 10.1 Å². The van der Waals surface area contributed by atoms with E-state index in [1.165, 1.54) is 30.3 Å². The monoisotopic (exact) mass is 393 g/mol. The number of fused-ring (bicyclic) bond motifs is 1. The molecule has 1 aromatic heterocycles. The van der Waals surface area contributed by atoms with Crippen molar-refractivity contribution in [3.63, 3.8) is 0 Å². The van der Waals surface area contributed by atoms with Crippen LogP contribution < -0.4 is 20.1 Å². The fourth-order valence-corrected chi connectivity index (χ4v) is 2.77. The van der Waals surface area contributed by atoms with Crippen LogP contribution in [0.3, 0.4) is 0 Å². The molecule has 2 aromatic carbocycles. The van der Waals surface area contributed by atoms with E-state index in [-0.39, 0.29) is 24.7 Å². The van der Waals surface area contributed by atoms with E-state index >= 15 is 0 Å². The number of ether oxygens (including phenoxy) is 2. The summed E-state index contributed by atoms with van der Waals surface area (Å²) >= 11 is 0. The van der Waals surface area contributed by atoms with Crippen molar-refractivity contribution in [2.45, 2.75) is 6.54 Å². The summed E-state index contributed by atoms with van der Waals surface area (Å²) in [5.41, 5.74) is 1.28. The summed E-state index contributed by atoms with van der Waals surface area (Å²) in [5, 5.41) is 5.30. The highest BCUT2D eigenvalue weighted by Gasteiger charge is 2.15. The lowest BCUT2D eigenvalue weighted by Gasteiger charge is -2.08. The number of aromatic nitrogens is 1. The van der Waals surface area contributed by atoms with Gasteiger partial charge in [0.05, 0.1) is 0 Å². The van der Waals surface area contributed by atoms with Gasteiger partial charge in [0.2, 0.25) is 6.79 Å². The molecule has 0 aliphatic carbocycles. The summed E-state index contributed by atoms with van der Waals surface area (Å²) in [6, 6.07) is 15.4. The van der Waals surface area contributed by atoms with E-state index in [4.69, 9.17) is 9.47 Å². The van der Waals surface area contributed by atoms with E-state index in [1.807, 2.05) is 6.07 Å². The van der Waals surface area contributed by atoms with Crippen LogP contribution in [0, 0.1) is 5.82 Å². The molecule has 29 heavy (non-hydrogen) atoms. The Morgan fingerprint density at radius 1 is 0.931 bits per heavy atom. The smallest absolute Gasteiger partial charge is 0.274 e. The first-order chi connectivity index (χ1) is 14.1. The highest BCUT2D eigenvalue weighted by Crippen LogP contribution is 2.32. The molecule has 0 spiro atoms. The molecule has 0 bridgehead atoms. The van der Waals surface area contributed by atoms with E-state index in [2.05, 4.69) is 15.6 Å². The number of pyridine rings is 1. The summed E-state index contributed by atoms with van der Waals surface area (Å²) in [5.74, 6) is -0.138. The highest BCUT2D eigenvalue weighted by molar-refractivity contribution is 6.03. The molecule has 0 fully saturated rings. The Morgan fingerprint density at radius 2 is 1.69 bits per heavy atom. The van der Waals surface area contributed by atoms with E-state index in [0.29, 0.717) is 17.2 Å². The van der Waals surface area contributed by atoms with Gasteiger partial charge in [0, 0.05) is 12.2 Å². The fourth-order valence-electron chi connectivity index (χ4n) is 2.77. The van der Waals surface area contributed by atoms with Crippen molar-refractivity contribution in [2.75, 3.05) is 12.1 Å². The van der Waals surface area contributed by atoms with Crippen LogP contribution >= 0.6 is 0 Å². The van der Waals surface area contributed by atoms with Crippen molar-refractivity contribution in [1.82, 2.24) is 10.3 Å². The topological polar surface area (TPSA) is 89.5 Å². The number of nitrogens with one attached hydrogen (secondary N) is 2. The predicted octanol–water partition coefficient (Wildman–Crippen LogP) is 3.13. The molecular formula is C21H16FN3O4. The van der Waals surface area contributed by atoms with Crippen LogP contribution in [0.5, 0.6) is 11.5 Å². The van der Waals surface area contributed by atoms with Crippen molar-refractivity contribution in [1.29, 1.82) is 0 Å². The van der Waals surface area contributed by atoms with Crippen LogP contribution in [0.1, 0.15) is 26.5 Å². The number of halogens is 1. The molecule has 0 saturated heterocycles. The van der Waals surface area contributed by atoms with Gasteiger partial charge in [-0.1, -0.05) is 18.2 Å². The van der Waals surface area contributed by atoms with Gasteiger partial charge in [0.15, 0.2) is 11.5 Å². The van der Waals surface area contributed by atoms with E-state index in [9.17, 15) is 14.0 Å². The molecule has 1 aliphatic heterocycles. The molecule has 0 unspecified atom stereocenters. The van der Waals surface area contributed by atoms with Crippen molar-refractivity contribution >= 4 is 17.5 Å². The average Bonchev–Trinajstić information content (AvgIpc) is 3.20. The zero-order valence-electron chi connectivity index (χ0n) is 15.1. The number of anilines is 1. The molecule has 2 heterocycles. The molecular weight excluding hydrogens is 377 g/mol. The van der Waals surface area contributed by atoms with Gasteiger partial charge >= 0.3 is 0 Å². The summed E-state index contributed by atoms with van der Waals surface area (Å²) in [4.78, 5) is 28.9. The van der Waals surface area contributed by atoms with Gasteiger partial charge in [0.25, 0.3) is 11.8 Å². The third kappa shape index (κ3) is 4.32. The van der Waals surface area contributed by atoms with Crippen molar-refractivity contribution in [3.05, 3.63) is 83.4 Å². The minimum absolute atomic E-state index is 0.0463. The summed E-state index contributed by atoms with van der Waals surface area (Å²) in [7, 11) is 0. The van der Waals surface area contributed by atoms with Gasteiger partial charge in [-0.15, -0.1) is 0 Å². The number of carbonyl (C=O) groups is 2. The van der Waals surface area contributed by atoms with Crippen LogP contribution in [0.25, 0.3) is 0 Å². The second-order valence-corrected chi connectivity index (χ2v) is 6.24. The Kier molecular flexibility index (Phi) is 5.07. The van der Waals surface area contributed by atoms with E-state index in [0.717, 1.165) is 5.56 Å². The van der Waals surface area contributed by atoms with Crippen LogP contribution in [-0.2, 0) is 6.54 Å². The maximum atomic E-state index is 13.3. The first-order valence-electron chi connectivity index (χ1n) is 8.79. The average molecular weight is 393 g/mol. The number of hydrogen-bond acceptors (Lipinski definition) is 5. The predicted molar refractivity (Wildman–Crippen MR) is 102 cm³/mol. The summed E-state index contributed by atoms with van der Waals surface area (Å²) < 4.78 is 23.8. The SMILES string of the molecule is O=C(NCc1ccc2c(c1)OCO2)c1cccc(C(=O)Nc2cccc(F)c2)n1. The van der Waals surface area contributed by atoms with Crippen LogP contribution in [-0.4, -0.2) is 23.6 Å². The normalized spacial score (nSPS) is 11.8. The fraction of sp³-hybridized carbons (Fsp3) is 0.0952. The number of hydrogen-bond donors (Lipinski definition) is 2. The maximum absolute atomic E-state index is 13.3. The Hall–Kier alpha value is -3.94. The van der Waals surface area contributed by atoms with Crippen LogP contribution in [0.15, 0.2) is 60.7 Å². The first-order valence-corrected chi connectivity index (χ1v) is 8.79. The van der Waals surface area contributed by atoms with Crippen molar-refractivity contribution < 1.29 is 23.5 Å². The molecule has 7 nitrogen and oxygen atoms in total. The number of nitrogens with zero attached hydrogens (tertiary/aromatic N) is 1. The van der Waals surface area contributed by atoms with Gasteiger partial charge < -0.3 is 20.1 Å². The molecule has 2 amide bonds. The quantitative estimate of drug-likeness (QED) is 0.695. The molecule has 4 rings (SSSR count). The third-order valence-corrected chi connectivity index (χ3v) is 4.19. The number of carbonyl (C=O) groups excluding carboxylic acids is 2. The standard InChI is InChI=1S/C21H16FN3O4/c22-14-3-1-4-15(10-14)24-21(27)17-6-2-5-16(25-17)20(26)23-11-13-7-8-18-19(9-13)29-12-28-18/h1-10H,11-12H2,(H,23,26)(H,24,27). The Labute approximate surface area is 165 Å². The zero-order chi connectivity index (χ0) is 20.2. The molecule has 0 atom stereocenters. The molecule has 1 aliphatic rings. The molecule has 8 heteroatoms. The molecule has 0 saturated carbocycles. The molecule has 2 N–H and O–H groups in total. The minimum Gasteiger partial charge on any atom is -0.454 e. The van der Waals surface area contributed by atoms with Gasteiger partial charge in [0.1, 0.15) is 17.2 Å². The maximum Gasteiger partial charge on any atom is 0.274 e. The second kappa shape index (κ2) is 7.97. The first kappa shape index (κ1) is 18.4. The highest BCUT2D eigenvalue weighted by atomic mass is 19.1. The van der Waals surface area contributed by atoms with E-state index < -0.39 is 17.6 Å². The molecule has 3 aromatic rings. The lowest BCUT2D eigenvalue weighted by atomic mass is 10.2. The van der Waals surface area contributed by atoms with Crippen LogP contribution in [0.2, 0.25) is 0 Å². The van der Waals surface area contributed by atoms with Gasteiger partial charge in [-0.05, 0) is 48.0 Å².